The maximum Gasteiger partial charge on any atom is 0.0966 e. The van der Waals surface area contributed by atoms with Gasteiger partial charge in [0.05, 0.1) is 17.1 Å². The van der Waals surface area contributed by atoms with Crippen LogP contribution in [0.15, 0.2) is 66.7 Å². The van der Waals surface area contributed by atoms with E-state index in [9.17, 15) is 0 Å². The lowest BCUT2D eigenvalue weighted by atomic mass is 9.84. The third-order valence-corrected chi connectivity index (χ3v) is 6.19. The first-order valence-corrected chi connectivity index (χ1v) is 11.2. The van der Waals surface area contributed by atoms with Crippen LogP contribution < -0.4 is 9.80 Å². The highest BCUT2D eigenvalue weighted by Gasteiger charge is 2.24. The highest BCUT2D eigenvalue weighted by atomic mass is 15.3. The van der Waals surface area contributed by atoms with E-state index in [1.54, 1.807) is 0 Å². The second kappa shape index (κ2) is 9.35. The minimum absolute atomic E-state index is 0.0302. The van der Waals surface area contributed by atoms with Crippen molar-refractivity contribution in [1.82, 2.24) is 15.4 Å². The number of hydrogen-bond acceptors (Lipinski definition) is 5. The first-order chi connectivity index (χ1) is 15.5. The Hall–Kier alpha value is -3.47. The molecule has 0 aliphatic rings. The highest BCUT2D eigenvalue weighted by molar-refractivity contribution is 5.82. The van der Waals surface area contributed by atoms with Gasteiger partial charge in [-0.05, 0) is 73.0 Å². The maximum atomic E-state index is 4.57. The summed E-state index contributed by atoms with van der Waals surface area (Å²) in [7, 11) is 4.12. The molecule has 3 aromatic carbocycles. The predicted molar refractivity (Wildman–Crippen MR) is 134 cm³/mol. The van der Waals surface area contributed by atoms with Gasteiger partial charge in [-0.3, -0.25) is 0 Å². The summed E-state index contributed by atoms with van der Waals surface area (Å²) >= 11 is 0. The highest BCUT2D eigenvalue weighted by Crippen LogP contribution is 2.37. The number of aromatic nitrogens is 3. The fraction of sp³-hybridized carbons (Fsp3) is 0.296. The zero-order valence-corrected chi connectivity index (χ0v) is 19.6. The van der Waals surface area contributed by atoms with Crippen LogP contribution in [0.25, 0.3) is 10.9 Å². The van der Waals surface area contributed by atoms with Crippen LogP contribution in [0.5, 0.6) is 0 Å². The fourth-order valence-corrected chi connectivity index (χ4v) is 4.38. The number of nitrogens with zero attached hydrogens (tertiary/aromatic N) is 5. The summed E-state index contributed by atoms with van der Waals surface area (Å²) in [5.41, 5.74) is 7.91. The molecule has 5 nitrogen and oxygen atoms in total. The van der Waals surface area contributed by atoms with Gasteiger partial charge in [-0.1, -0.05) is 36.4 Å². The van der Waals surface area contributed by atoms with Crippen molar-refractivity contribution in [2.45, 2.75) is 26.7 Å². The van der Waals surface area contributed by atoms with E-state index in [-0.39, 0.29) is 5.92 Å². The van der Waals surface area contributed by atoms with Crippen molar-refractivity contribution >= 4 is 22.3 Å². The molecule has 0 aliphatic heterocycles. The SMILES string of the molecule is CCN(CC)c1ccc(C(c2ccc(N(C)C)cc2)c2nnnc3ccccc23)c(C)c1. The molecule has 4 rings (SSSR count). The molecule has 4 aromatic rings. The summed E-state index contributed by atoms with van der Waals surface area (Å²) in [6, 6.07) is 23.6. The Morgan fingerprint density at radius 1 is 0.812 bits per heavy atom. The van der Waals surface area contributed by atoms with Gasteiger partial charge in [0.2, 0.25) is 0 Å². The average molecular weight is 426 g/mol. The van der Waals surface area contributed by atoms with Gasteiger partial charge in [0.25, 0.3) is 0 Å². The molecule has 164 valence electrons. The second-order valence-electron chi connectivity index (χ2n) is 8.32. The summed E-state index contributed by atoms with van der Waals surface area (Å²) in [6.07, 6.45) is 0. The van der Waals surface area contributed by atoms with E-state index in [1.165, 1.54) is 28.1 Å². The number of anilines is 2. The Labute approximate surface area is 190 Å². The standard InChI is InChI=1S/C27H31N5/c1-6-32(7-2)22-16-17-23(19(3)18-22)26(20-12-14-21(15-13-20)31(4)5)27-24-10-8-9-11-25(24)28-30-29-27/h8-18,26H,6-7H2,1-5H3. The normalized spacial score (nSPS) is 12.0. The molecule has 0 amide bonds. The van der Waals surface area contributed by atoms with E-state index < -0.39 is 0 Å². The Balaban J connectivity index is 1.90. The topological polar surface area (TPSA) is 45.2 Å². The average Bonchev–Trinajstić information content (AvgIpc) is 2.82. The van der Waals surface area contributed by atoms with Gasteiger partial charge in [-0.15, -0.1) is 10.2 Å². The zero-order chi connectivity index (χ0) is 22.7. The molecule has 1 aromatic heterocycles. The summed E-state index contributed by atoms with van der Waals surface area (Å²) in [6.45, 7) is 8.57. The Morgan fingerprint density at radius 2 is 1.50 bits per heavy atom. The van der Waals surface area contributed by atoms with Crippen LogP contribution >= 0.6 is 0 Å². The third-order valence-electron chi connectivity index (χ3n) is 6.19. The molecule has 0 aliphatic carbocycles. The summed E-state index contributed by atoms with van der Waals surface area (Å²) < 4.78 is 0. The smallest absolute Gasteiger partial charge is 0.0966 e. The van der Waals surface area contributed by atoms with E-state index in [0.29, 0.717) is 0 Å². The van der Waals surface area contributed by atoms with Crippen molar-refractivity contribution < 1.29 is 0 Å². The van der Waals surface area contributed by atoms with E-state index in [4.69, 9.17) is 0 Å². The number of rotatable bonds is 7. The van der Waals surface area contributed by atoms with Crippen molar-refractivity contribution in [3.05, 3.63) is 89.1 Å². The Morgan fingerprint density at radius 3 is 2.16 bits per heavy atom. The minimum Gasteiger partial charge on any atom is -0.378 e. The zero-order valence-electron chi connectivity index (χ0n) is 19.6. The van der Waals surface area contributed by atoms with Gasteiger partial charge in [0, 0.05) is 43.9 Å². The molecule has 1 heterocycles. The molecule has 32 heavy (non-hydrogen) atoms. The van der Waals surface area contributed by atoms with Crippen LogP contribution in [-0.2, 0) is 0 Å². The van der Waals surface area contributed by atoms with Crippen LogP contribution in [0.4, 0.5) is 11.4 Å². The van der Waals surface area contributed by atoms with Gasteiger partial charge in [0.1, 0.15) is 0 Å². The monoisotopic (exact) mass is 425 g/mol. The van der Waals surface area contributed by atoms with Gasteiger partial charge in [0.15, 0.2) is 0 Å². The quantitative estimate of drug-likeness (QED) is 0.395. The lowest BCUT2D eigenvalue weighted by Crippen LogP contribution is -2.22. The molecule has 0 radical (unpaired) electrons. The molecule has 0 saturated carbocycles. The molecular formula is C27H31N5. The second-order valence-corrected chi connectivity index (χ2v) is 8.32. The molecule has 0 N–H and O–H groups in total. The molecule has 5 heteroatoms. The molecular weight excluding hydrogens is 394 g/mol. The van der Waals surface area contributed by atoms with Crippen LogP contribution in [0.3, 0.4) is 0 Å². The number of hydrogen-bond donors (Lipinski definition) is 0. The van der Waals surface area contributed by atoms with Crippen LogP contribution in [0.2, 0.25) is 0 Å². The Bertz CT molecular complexity index is 1190. The summed E-state index contributed by atoms with van der Waals surface area (Å²) in [5, 5.41) is 14.0. The molecule has 0 bridgehead atoms. The fourth-order valence-electron chi connectivity index (χ4n) is 4.38. The van der Waals surface area contributed by atoms with Gasteiger partial charge < -0.3 is 9.80 Å². The largest absolute Gasteiger partial charge is 0.378 e. The third kappa shape index (κ3) is 4.15. The molecule has 1 atom stereocenters. The van der Waals surface area contributed by atoms with Crippen molar-refractivity contribution in [2.75, 3.05) is 37.0 Å². The van der Waals surface area contributed by atoms with E-state index in [1.807, 2.05) is 18.2 Å². The molecule has 0 spiro atoms. The van der Waals surface area contributed by atoms with Crippen LogP contribution in [0, 0.1) is 6.92 Å². The van der Waals surface area contributed by atoms with Gasteiger partial charge in [-0.2, -0.15) is 0 Å². The number of aryl methyl sites for hydroxylation is 1. The van der Waals surface area contributed by atoms with E-state index >= 15 is 0 Å². The predicted octanol–water partition coefficient (Wildman–Crippen LogP) is 5.43. The lowest BCUT2D eigenvalue weighted by Gasteiger charge is -2.25. The van der Waals surface area contributed by atoms with E-state index in [2.05, 4.69) is 109 Å². The van der Waals surface area contributed by atoms with E-state index in [0.717, 1.165) is 29.7 Å². The van der Waals surface area contributed by atoms with Crippen molar-refractivity contribution in [3.63, 3.8) is 0 Å². The van der Waals surface area contributed by atoms with Crippen molar-refractivity contribution in [3.8, 4) is 0 Å². The van der Waals surface area contributed by atoms with Crippen LogP contribution in [0.1, 0.15) is 42.1 Å². The molecule has 0 saturated heterocycles. The summed E-state index contributed by atoms with van der Waals surface area (Å²) in [5.74, 6) is -0.0302. The molecule has 1 unspecified atom stereocenters. The Kier molecular flexibility index (Phi) is 6.35. The van der Waals surface area contributed by atoms with Crippen molar-refractivity contribution in [2.24, 2.45) is 0 Å². The molecule has 0 fully saturated rings. The lowest BCUT2D eigenvalue weighted by molar-refractivity contribution is 0.806. The van der Waals surface area contributed by atoms with Gasteiger partial charge >= 0.3 is 0 Å². The first kappa shape index (κ1) is 21.8. The number of benzene rings is 3. The van der Waals surface area contributed by atoms with Crippen LogP contribution in [-0.4, -0.2) is 42.6 Å². The van der Waals surface area contributed by atoms with Gasteiger partial charge in [-0.25, -0.2) is 0 Å². The first-order valence-electron chi connectivity index (χ1n) is 11.2. The number of fused-ring (bicyclic) bond motifs is 1. The maximum absolute atomic E-state index is 4.57. The minimum atomic E-state index is -0.0302. The summed E-state index contributed by atoms with van der Waals surface area (Å²) in [4.78, 5) is 4.49. The van der Waals surface area contributed by atoms with Crippen molar-refractivity contribution in [1.29, 1.82) is 0 Å².